The lowest BCUT2D eigenvalue weighted by Gasteiger charge is -2.23. The summed E-state index contributed by atoms with van der Waals surface area (Å²) < 4.78 is 7.56. The first-order valence-electron chi connectivity index (χ1n) is 7.07. The van der Waals surface area contributed by atoms with Gasteiger partial charge in [-0.3, -0.25) is 0 Å². The summed E-state index contributed by atoms with van der Waals surface area (Å²) in [4.78, 5) is 4.56. The number of methoxy groups -OCH3 is 1. The number of aromatic nitrogens is 2. The van der Waals surface area contributed by atoms with Gasteiger partial charge in [-0.2, -0.15) is 0 Å². The molecule has 0 radical (unpaired) electrons. The minimum absolute atomic E-state index is 0.274. The summed E-state index contributed by atoms with van der Waals surface area (Å²) in [6, 6.07) is 8.12. The van der Waals surface area contributed by atoms with Crippen LogP contribution in [0.3, 0.4) is 0 Å². The summed E-state index contributed by atoms with van der Waals surface area (Å²) in [5, 5.41) is 9.27. The van der Waals surface area contributed by atoms with Crippen molar-refractivity contribution in [1.82, 2.24) is 9.55 Å². The van der Waals surface area contributed by atoms with Gasteiger partial charge >= 0.3 is 0 Å². The third-order valence-electron chi connectivity index (χ3n) is 4.03. The quantitative estimate of drug-likeness (QED) is 0.926. The molecule has 0 bridgehead atoms. The molecule has 1 unspecified atom stereocenters. The highest BCUT2D eigenvalue weighted by molar-refractivity contribution is 5.30. The van der Waals surface area contributed by atoms with Gasteiger partial charge in [0, 0.05) is 31.5 Å². The van der Waals surface area contributed by atoms with Gasteiger partial charge in [-0.15, -0.1) is 0 Å². The molecule has 1 aromatic heterocycles. The molecule has 106 valence electrons. The highest BCUT2D eigenvalue weighted by atomic mass is 16.5. The number of ether oxygens (including phenoxy) is 1. The maximum atomic E-state index is 9.27. The molecular weight excluding hydrogens is 252 g/mol. The molecule has 0 saturated carbocycles. The van der Waals surface area contributed by atoms with E-state index in [1.165, 1.54) is 11.3 Å². The van der Waals surface area contributed by atoms with Crippen LogP contribution < -0.4 is 4.74 Å². The van der Waals surface area contributed by atoms with Crippen LogP contribution in [0.15, 0.2) is 30.5 Å². The molecule has 1 N–H and O–H groups in total. The van der Waals surface area contributed by atoms with Crippen molar-refractivity contribution in [3.05, 3.63) is 47.5 Å². The molecule has 0 amide bonds. The molecule has 1 aliphatic heterocycles. The monoisotopic (exact) mass is 272 g/mol. The van der Waals surface area contributed by atoms with Crippen molar-refractivity contribution in [2.24, 2.45) is 5.92 Å². The Morgan fingerprint density at radius 2 is 2.35 bits per heavy atom. The predicted molar refractivity (Wildman–Crippen MR) is 76.9 cm³/mol. The summed E-state index contributed by atoms with van der Waals surface area (Å²) >= 11 is 0. The van der Waals surface area contributed by atoms with Crippen LogP contribution in [0.4, 0.5) is 0 Å². The molecule has 2 aromatic rings. The number of fused-ring (bicyclic) bond motifs is 1. The van der Waals surface area contributed by atoms with E-state index in [1.807, 2.05) is 18.3 Å². The van der Waals surface area contributed by atoms with E-state index >= 15 is 0 Å². The first-order chi connectivity index (χ1) is 9.80. The van der Waals surface area contributed by atoms with Crippen LogP contribution in [0.5, 0.6) is 5.75 Å². The summed E-state index contributed by atoms with van der Waals surface area (Å²) in [5.41, 5.74) is 2.45. The van der Waals surface area contributed by atoms with Gasteiger partial charge in [0.05, 0.1) is 7.11 Å². The highest BCUT2D eigenvalue weighted by Crippen LogP contribution is 2.23. The Kier molecular flexibility index (Phi) is 3.74. The van der Waals surface area contributed by atoms with Crippen LogP contribution in [-0.2, 0) is 19.4 Å². The molecule has 2 heterocycles. The van der Waals surface area contributed by atoms with Crippen molar-refractivity contribution in [2.75, 3.05) is 13.7 Å². The Hall–Kier alpha value is -1.81. The lowest BCUT2D eigenvalue weighted by atomic mass is 9.97. The maximum Gasteiger partial charge on any atom is 0.119 e. The summed E-state index contributed by atoms with van der Waals surface area (Å²) in [7, 11) is 1.69. The van der Waals surface area contributed by atoms with E-state index in [9.17, 15) is 5.11 Å². The third-order valence-corrected chi connectivity index (χ3v) is 4.03. The second-order valence-corrected chi connectivity index (χ2v) is 5.39. The van der Waals surface area contributed by atoms with Crippen LogP contribution in [0.2, 0.25) is 0 Å². The standard InChI is InChI=1S/C16H20N2O2/c1-20-15-4-2-3-12(8-15)9-16-17-10-14-7-13(11-19)5-6-18(14)16/h2-4,8,10,13,19H,5-7,9,11H2,1H3. The zero-order chi connectivity index (χ0) is 13.9. The van der Waals surface area contributed by atoms with Gasteiger partial charge in [0.15, 0.2) is 0 Å². The summed E-state index contributed by atoms with van der Waals surface area (Å²) in [6.45, 7) is 1.23. The number of nitrogens with zero attached hydrogens (tertiary/aromatic N) is 2. The number of hydrogen-bond acceptors (Lipinski definition) is 3. The highest BCUT2D eigenvalue weighted by Gasteiger charge is 2.20. The molecular formula is C16H20N2O2. The molecule has 4 nitrogen and oxygen atoms in total. The van der Waals surface area contributed by atoms with Crippen molar-refractivity contribution in [3.8, 4) is 5.75 Å². The van der Waals surface area contributed by atoms with E-state index in [0.29, 0.717) is 5.92 Å². The predicted octanol–water partition coefficient (Wildman–Crippen LogP) is 2.04. The van der Waals surface area contributed by atoms with Crippen LogP contribution in [-0.4, -0.2) is 28.4 Å². The molecule has 3 rings (SSSR count). The number of imidazole rings is 1. The van der Waals surface area contributed by atoms with Gasteiger partial charge in [0.2, 0.25) is 0 Å². The fourth-order valence-electron chi connectivity index (χ4n) is 2.86. The molecule has 0 fully saturated rings. The molecule has 20 heavy (non-hydrogen) atoms. The third kappa shape index (κ3) is 2.56. The van der Waals surface area contributed by atoms with E-state index in [2.05, 4.69) is 21.7 Å². The van der Waals surface area contributed by atoms with Crippen molar-refractivity contribution in [1.29, 1.82) is 0 Å². The minimum Gasteiger partial charge on any atom is -0.497 e. The number of benzene rings is 1. The normalized spacial score (nSPS) is 17.8. The Morgan fingerprint density at radius 3 is 3.15 bits per heavy atom. The van der Waals surface area contributed by atoms with E-state index < -0.39 is 0 Å². The molecule has 1 aromatic carbocycles. The van der Waals surface area contributed by atoms with Crippen LogP contribution in [0.25, 0.3) is 0 Å². The zero-order valence-electron chi connectivity index (χ0n) is 11.7. The van der Waals surface area contributed by atoms with Gasteiger partial charge in [-0.05, 0) is 36.5 Å². The smallest absolute Gasteiger partial charge is 0.119 e. The van der Waals surface area contributed by atoms with Crippen LogP contribution in [0.1, 0.15) is 23.5 Å². The molecule has 0 aliphatic carbocycles. The number of hydrogen-bond donors (Lipinski definition) is 1. The van der Waals surface area contributed by atoms with Crippen LogP contribution in [0, 0.1) is 5.92 Å². The average Bonchev–Trinajstić information content (AvgIpc) is 2.89. The minimum atomic E-state index is 0.274. The molecule has 1 atom stereocenters. The largest absolute Gasteiger partial charge is 0.497 e. The maximum absolute atomic E-state index is 9.27. The van der Waals surface area contributed by atoms with Crippen molar-refractivity contribution >= 4 is 0 Å². The number of aliphatic hydroxyl groups excluding tert-OH is 1. The second kappa shape index (κ2) is 5.67. The lowest BCUT2D eigenvalue weighted by molar-refractivity contribution is 0.200. The Balaban J connectivity index is 1.80. The van der Waals surface area contributed by atoms with Crippen LogP contribution >= 0.6 is 0 Å². The van der Waals surface area contributed by atoms with Gasteiger partial charge in [0.1, 0.15) is 11.6 Å². The molecule has 4 heteroatoms. The fourth-order valence-corrected chi connectivity index (χ4v) is 2.86. The van der Waals surface area contributed by atoms with Gasteiger partial charge in [-0.1, -0.05) is 12.1 Å². The Labute approximate surface area is 119 Å². The van der Waals surface area contributed by atoms with E-state index in [4.69, 9.17) is 4.74 Å². The first kappa shape index (κ1) is 13.2. The number of aliphatic hydroxyl groups is 1. The summed E-state index contributed by atoms with van der Waals surface area (Å²) in [5.74, 6) is 2.38. The van der Waals surface area contributed by atoms with Gasteiger partial charge in [-0.25, -0.2) is 4.98 Å². The van der Waals surface area contributed by atoms with Crippen molar-refractivity contribution in [2.45, 2.75) is 25.8 Å². The topological polar surface area (TPSA) is 47.3 Å². The Bertz CT molecular complexity index is 592. The SMILES string of the molecule is COc1cccc(Cc2ncc3n2CCC(CO)C3)c1. The van der Waals surface area contributed by atoms with Gasteiger partial charge < -0.3 is 14.4 Å². The fraction of sp³-hybridized carbons (Fsp3) is 0.438. The molecule has 1 aliphatic rings. The average molecular weight is 272 g/mol. The summed E-state index contributed by atoms with van der Waals surface area (Å²) in [6.07, 6.45) is 4.74. The lowest BCUT2D eigenvalue weighted by Crippen LogP contribution is -2.22. The van der Waals surface area contributed by atoms with E-state index in [1.54, 1.807) is 7.11 Å². The second-order valence-electron chi connectivity index (χ2n) is 5.39. The first-order valence-corrected chi connectivity index (χ1v) is 7.07. The Morgan fingerprint density at radius 1 is 1.45 bits per heavy atom. The van der Waals surface area contributed by atoms with E-state index in [0.717, 1.165) is 37.4 Å². The van der Waals surface area contributed by atoms with Gasteiger partial charge in [0.25, 0.3) is 0 Å². The van der Waals surface area contributed by atoms with Crippen molar-refractivity contribution < 1.29 is 9.84 Å². The number of rotatable bonds is 4. The van der Waals surface area contributed by atoms with Crippen molar-refractivity contribution in [3.63, 3.8) is 0 Å². The van der Waals surface area contributed by atoms with E-state index in [-0.39, 0.29) is 6.61 Å². The zero-order valence-corrected chi connectivity index (χ0v) is 11.7. The molecule has 0 spiro atoms. The molecule has 0 saturated heterocycles.